The molecule has 154 valence electrons. The second-order valence-corrected chi connectivity index (χ2v) is 13.1. The van der Waals surface area contributed by atoms with E-state index in [1.807, 2.05) is 44.2 Å². The Kier molecular flexibility index (Phi) is 6.16. The summed E-state index contributed by atoms with van der Waals surface area (Å²) in [5.41, 5.74) is 8.99. The molecule has 4 atom stereocenters. The first-order valence-electron chi connectivity index (χ1n) is 9.49. The Morgan fingerprint density at radius 1 is 1.14 bits per heavy atom. The predicted octanol–water partition coefficient (Wildman–Crippen LogP) is 3.98. The van der Waals surface area contributed by atoms with Gasteiger partial charge in [-0.2, -0.15) is 0 Å². The van der Waals surface area contributed by atoms with Gasteiger partial charge >= 0.3 is 0 Å². The molecule has 1 aromatic carbocycles. The summed E-state index contributed by atoms with van der Waals surface area (Å²) in [6.07, 6.45) is -1.38. The van der Waals surface area contributed by atoms with Gasteiger partial charge in [0.05, 0.1) is 19.8 Å². The summed E-state index contributed by atoms with van der Waals surface area (Å²) in [6, 6.07) is 9.91. The van der Waals surface area contributed by atoms with Gasteiger partial charge in [0.2, 0.25) is 0 Å². The lowest BCUT2D eigenvalue weighted by Crippen LogP contribution is -2.47. The normalized spacial score (nSPS) is 31.4. The van der Waals surface area contributed by atoms with Gasteiger partial charge in [-0.1, -0.05) is 35.4 Å². The number of rotatable bonds is 8. The van der Waals surface area contributed by atoms with Crippen molar-refractivity contribution in [2.45, 2.75) is 69.9 Å². The van der Waals surface area contributed by atoms with Crippen LogP contribution in [0.5, 0.6) is 0 Å². The van der Waals surface area contributed by atoms with E-state index in [-0.39, 0.29) is 6.61 Å². The van der Waals surface area contributed by atoms with Gasteiger partial charge in [-0.15, -0.1) is 0 Å². The van der Waals surface area contributed by atoms with Gasteiger partial charge in [0.1, 0.15) is 18.3 Å². The minimum absolute atomic E-state index is 0.128. The third kappa shape index (κ3) is 4.93. The number of fused-ring (bicyclic) bond motifs is 1. The van der Waals surface area contributed by atoms with Crippen LogP contribution < -0.4 is 0 Å². The van der Waals surface area contributed by atoms with Crippen molar-refractivity contribution in [3.8, 4) is 0 Å². The molecule has 1 aromatic rings. The first-order chi connectivity index (χ1) is 13.1. The van der Waals surface area contributed by atoms with E-state index in [4.69, 9.17) is 23.4 Å². The van der Waals surface area contributed by atoms with Crippen molar-refractivity contribution in [1.29, 1.82) is 0 Å². The average molecular weight is 408 g/mol. The molecule has 8 nitrogen and oxygen atoms in total. The minimum atomic E-state index is -1.86. The summed E-state index contributed by atoms with van der Waals surface area (Å²) < 4.78 is 30.2. The zero-order chi connectivity index (χ0) is 20.4. The molecule has 0 aliphatic carbocycles. The Bertz CT molecular complexity index is 720. The van der Waals surface area contributed by atoms with Gasteiger partial charge in [0, 0.05) is 4.91 Å². The molecular weight excluding hydrogens is 378 g/mol. The quantitative estimate of drug-likeness (QED) is 0.281. The van der Waals surface area contributed by atoms with Crippen LogP contribution >= 0.6 is 0 Å². The van der Waals surface area contributed by atoms with E-state index in [9.17, 15) is 5.53 Å². The van der Waals surface area contributed by atoms with Gasteiger partial charge < -0.3 is 23.4 Å². The molecule has 0 N–H and O–H groups in total. The van der Waals surface area contributed by atoms with Crippen LogP contribution in [-0.4, -0.2) is 51.4 Å². The number of nitrogens with zero attached hydrogens (tertiary/aromatic N) is 3. The first-order valence-corrected chi connectivity index (χ1v) is 12.9. The zero-order valence-corrected chi connectivity index (χ0v) is 18.1. The fourth-order valence-electron chi connectivity index (χ4n) is 3.42. The van der Waals surface area contributed by atoms with E-state index in [2.05, 4.69) is 29.7 Å². The van der Waals surface area contributed by atoms with Crippen molar-refractivity contribution in [2.24, 2.45) is 5.11 Å². The maximum Gasteiger partial charge on any atom is 0.198 e. The third-order valence-corrected chi connectivity index (χ3v) is 5.63. The molecule has 2 fully saturated rings. The van der Waals surface area contributed by atoms with Crippen LogP contribution in [0.25, 0.3) is 10.4 Å². The van der Waals surface area contributed by atoms with Crippen LogP contribution in [0.4, 0.5) is 0 Å². The van der Waals surface area contributed by atoms with Crippen molar-refractivity contribution < 1.29 is 23.4 Å². The Labute approximate surface area is 166 Å². The highest BCUT2D eigenvalue weighted by Crippen LogP contribution is 2.45. The number of hydrogen-bond acceptors (Lipinski definition) is 6. The van der Waals surface area contributed by atoms with E-state index in [0.717, 1.165) is 5.56 Å². The lowest BCUT2D eigenvalue weighted by Gasteiger charge is -2.32. The lowest BCUT2D eigenvalue weighted by atomic mass is 10.0. The van der Waals surface area contributed by atoms with Gasteiger partial charge in [0.15, 0.2) is 19.8 Å². The molecule has 9 heteroatoms. The summed E-state index contributed by atoms with van der Waals surface area (Å²) in [7, 11) is -1.86. The van der Waals surface area contributed by atoms with Crippen molar-refractivity contribution in [3.63, 3.8) is 0 Å². The molecule has 2 saturated heterocycles. The largest absolute Gasteiger partial charge is 0.414 e. The van der Waals surface area contributed by atoms with Gasteiger partial charge in [-0.25, -0.2) is 0 Å². The molecule has 3 rings (SSSR count). The molecule has 2 heterocycles. The van der Waals surface area contributed by atoms with E-state index < -0.39 is 38.1 Å². The van der Waals surface area contributed by atoms with Crippen molar-refractivity contribution >= 4 is 8.32 Å². The smallest absolute Gasteiger partial charge is 0.198 e. The van der Waals surface area contributed by atoms with E-state index in [1.165, 1.54) is 0 Å². The summed E-state index contributed by atoms with van der Waals surface area (Å²) in [5.74, 6) is -0.799. The van der Waals surface area contributed by atoms with Crippen molar-refractivity contribution in [1.82, 2.24) is 0 Å². The highest BCUT2D eigenvalue weighted by molar-refractivity contribution is 6.69. The van der Waals surface area contributed by atoms with Crippen molar-refractivity contribution in [3.05, 3.63) is 46.3 Å². The standard InChI is InChI=1S/C19H29N3O5Si/c1-18(2)26-16-15(12-23-11-14-9-7-6-8-10-14)25-19(21-22-20,17(16)27-18)13-24-28(3,4)5/h6-10,15-17H,11-13H2,1-5H3/t15-,16-,17-,19?/m1/s1. The van der Waals surface area contributed by atoms with Crippen molar-refractivity contribution in [2.75, 3.05) is 13.2 Å². The monoisotopic (exact) mass is 407 g/mol. The molecule has 2 aliphatic heterocycles. The fraction of sp³-hybridized carbons (Fsp3) is 0.684. The molecule has 0 bridgehead atoms. The summed E-state index contributed by atoms with van der Waals surface area (Å²) in [6.45, 7) is 10.8. The van der Waals surface area contributed by atoms with Crippen LogP contribution in [0.15, 0.2) is 35.4 Å². The number of ether oxygens (including phenoxy) is 4. The molecule has 0 spiro atoms. The maximum atomic E-state index is 9.19. The topological polar surface area (TPSA) is 94.9 Å². The van der Waals surface area contributed by atoms with Crippen LogP contribution in [0, 0.1) is 0 Å². The molecular formula is C19H29N3O5Si. The Morgan fingerprint density at radius 2 is 1.86 bits per heavy atom. The summed E-state index contributed by atoms with van der Waals surface area (Å²) >= 11 is 0. The van der Waals surface area contributed by atoms with Crippen LogP contribution in [0.1, 0.15) is 19.4 Å². The fourth-order valence-corrected chi connectivity index (χ4v) is 4.06. The van der Waals surface area contributed by atoms with E-state index in [1.54, 1.807) is 0 Å². The van der Waals surface area contributed by atoms with Gasteiger partial charge in [-0.05, 0) is 44.6 Å². The third-order valence-electron chi connectivity index (χ3n) is 4.62. The molecule has 28 heavy (non-hydrogen) atoms. The second-order valence-electron chi connectivity index (χ2n) is 8.61. The minimum Gasteiger partial charge on any atom is -0.414 e. The number of benzene rings is 1. The Hall–Kier alpha value is -1.45. The van der Waals surface area contributed by atoms with Crippen LogP contribution in [0.2, 0.25) is 19.6 Å². The second kappa shape index (κ2) is 8.12. The SMILES string of the molecule is CC1(C)O[C@H]2[C@@H](O1)C(CO[Si](C)(C)C)(N=[N+]=[N-])O[C@@H]2COCc1ccccc1. The molecule has 0 radical (unpaired) electrons. The highest BCUT2D eigenvalue weighted by Gasteiger charge is 2.63. The number of azide groups is 1. The predicted molar refractivity (Wildman–Crippen MR) is 106 cm³/mol. The molecule has 0 saturated carbocycles. The molecule has 0 amide bonds. The van der Waals surface area contributed by atoms with Gasteiger partial charge in [0.25, 0.3) is 0 Å². The highest BCUT2D eigenvalue weighted by atomic mass is 28.4. The summed E-state index contributed by atoms with van der Waals surface area (Å²) in [4.78, 5) is 3.02. The maximum absolute atomic E-state index is 9.19. The van der Waals surface area contributed by atoms with E-state index >= 15 is 0 Å². The molecule has 0 aromatic heterocycles. The molecule has 1 unspecified atom stereocenters. The first kappa shape index (κ1) is 21.3. The van der Waals surface area contributed by atoms with Crippen LogP contribution in [-0.2, 0) is 30.0 Å². The van der Waals surface area contributed by atoms with E-state index in [0.29, 0.717) is 13.2 Å². The van der Waals surface area contributed by atoms with Crippen LogP contribution in [0.3, 0.4) is 0 Å². The zero-order valence-electron chi connectivity index (χ0n) is 17.1. The Balaban J connectivity index is 1.75. The lowest BCUT2D eigenvalue weighted by molar-refractivity contribution is -0.218. The van der Waals surface area contributed by atoms with Gasteiger partial charge in [-0.3, -0.25) is 0 Å². The average Bonchev–Trinajstić information content (AvgIpc) is 3.07. The molecule has 2 aliphatic rings. The number of hydrogen-bond donors (Lipinski definition) is 0. The Morgan fingerprint density at radius 3 is 2.50 bits per heavy atom. The summed E-state index contributed by atoms with van der Waals surface area (Å²) in [5, 5.41) is 3.98.